The minimum Gasteiger partial charge on any atom is -0.497 e. The summed E-state index contributed by atoms with van der Waals surface area (Å²) in [5, 5.41) is 4.35. The van der Waals surface area contributed by atoms with Crippen molar-refractivity contribution in [2.75, 3.05) is 14.2 Å². The number of carbonyl (C=O) groups excluding carboxylic acids is 1. The fourth-order valence-corrected chi connectivity index (χ4v) is 4.32. The van der Waals surface area contributed by atoms with E-state index in [0.29, 0.717) is 13.0 Å². The number of aromatic nitrogens is 2. The normalized spacial score (nSPS) is 15.7. The quantitative estimate of drug-likeness (QED) is 0.461. The van der Waals surface area contributed by atoms with E-state index in [0.717, 1.165) is 50.8 Å². The number of fused-ring (bicyclic) bond motifs is 1. The molecule has 1 aromatic heterocycles. The lowest BCUT2D eigenvalue weighted by atomic mass is 9.94. The number of benzene rings is 3. The van der Waals surface area contributed by atoms with Gasteiger partial charge in [0.05, 0.1) is 31.0 Å². The van der Waals surface area contributed by atoms with E-state index < -0.39 is 0 Å². The third kappa shape index (κ3) is 4.12. The zero-order valence-corrected chi connectivity index (χ0v) is 19.4. The molecule has 0 aliphatic carbocycles. The molecule has 0 saturated heterocycles. The Hall–Kier alpha value is -4.13. The van der Waals surface area contributed by atoms with Gasteiger partial charge in [-0.05, 0) is 54.1 Å². The molecule has 0 radical (unpaired) electrons. The van der Waals surface area contributed by atoms with E-state index >= 15 is 0 Å². The first kappa shape index (κ1) is 21.7. The van der Waals surface area contributed by atoms with E-state index in [-0.39, 0.29) is 11.8 Å². The second kappa shape index (κ2) is 9.02. The lowest BCUT2D eigenvalue weighted by molar-refractivity contribution is -0.121. The molecule has 34 heavy (non-hydrogen) atoms. The molecule has 7 nitrogen and oxygen atoms in total. The number of carbonyl (C=O) groups is 1. The van der Waals surface area contributed by atoms with Gasteiger partial charge in [0.2, 0.25) is 5.91 Å². The summed E-state index contributed by atoms with van der Waals surface area (Å²) in [6.45, 7) is 2.67. The molecule has 1 amide bonds. The van der Waals surface area contributed by atoms with Crippen LogP contribution in [0.1, 0.15) is 24.5 Å². The van der Waals surface area contributed by atoms with Gasteiger partial charge in [0.1, 0.15) is 17.3 Å². The molecular weight excluding hydrogens is 428 g/mol. The van der Waals surface area contributed by atoms with Gasteiger partial charge >= 0.3 is 0 Å². The van der Waals surface area contributed by atoms with E-state index in [2.05, 4.69) is 33.3 Å². The molecule has 2 heterocycles. The molecule has 1 aliphatic heterocycles. The maximum atomic E-state index is 11.7. The van der Waals surface area contributed by atoms with Crippen molar-refractivity contribution in [1.29, 1.82) is 0 Å². The summed E-state index contributed by atoms with van der Waals surface area (Å²) in [6, 6.07) is 22.2. The van der Waals surface area contributed by atoms with Gasteiger partial charge in [0.25, 0.3) is 0 Å². The highest BCUT2D eigenvalue weighted by Crippen LogP contribution is 2.29. The second-order valence-corrected chi connectivity index (χ2v) is 8.44. The van der Waals surface area contributed by atoms with Crippen LogP contribution >= 0.6 is 0 Å². The number of nitrogens with zero attached hydrogens (tertiary/aromatic N) is 3. The van der Waals surface area contributed by atoms with E-state index in [4.69, 9.17) is 14.5 Å². The van der Waals surface area contributed by atoms with Crippen LogP contribution in [0, 0.1) is 5.92 Å². The molecule has 0 bridgehead atoms. The third-order valence-corrected chi connectivity index (χ3v) is 6.15. The average Bonchev–Trinajstić information content (AvgIpc) is 3.22. The van der Waals surface area contributed by atoms with Crippen molar-refractivity contribution in [2.45, 2.75) is 19.9 Å². The van der Waals surface area contributed by atoms with Crippen molar-refractivity contribution in [3.05, 3.63) is 77.9 Å². The number of amides is 1. The summed E-state index contributed by atoms with van der Waals surface area (Å²) in [4.78, 5) is 16.7. The lowest BCUT2D eigenvalue weighted by Gasteiger charge is -2.19. The molecule has 1 aliphatic rings. The van der Waals surface area contributed by atoms with Crippen molar-refractivity contribution < 1.29 is 14.3 Å². The maximum Gasteiger partial charge on any atom is 0.240 e. The first-order valence-corrected chi connectivity index (χ1v) is 11.2. The number of hydrogen-bond donors (Lipinski definition) is 1. The molecular formula is C27H26N4O3. The van der Waals surface area contributed by atoms with Crippen LogP contribution in [0.5, 0.6) is 11.5 Å². The highest BCUT2D eigenvalue weighted by molar-refractivity contribution is 6.07. The summed E-state index contributed by atoms with van der Waals surface area (Å²) < 4.78 is 12.9. The number of nitrogens with one attached hydrogen (secondary N) is 1. The van der Waals surface area contributed by atoms with Crippen molar-refractivity contribution in [3.8, 4) is 22.9 Å². The van der Waals surface area contributed by atoms with Crippen LogP contribution in [-0.4, -0.2) is 35.4 Å². The molecule has 1 N–H and O–H groups in total. The Morgan fingerprint density at radius 1 is 0.941 bits per heavy atom. The first-order chi connectivity index (χ1) is 16.6. The fourth-order valence-electron chi connectivity index (χ4n) is 4.32. The van der Waals surface area contributed by atoms with Gasteiger partial charge in [-0.25, -0.2) is 10.4 Å². The van der Waals surface area contributed by atoms with Crippen molar-refractivity contribution in [1.82, 2.24) is 15.0 Å². The third-order valence-electron chi connectivity index (χ3n) is 6.15. The Bertz CT molecular complexity index is 1370. The molecule has 0 saturated carbocycles. The minimum absolute atomic E-state index is 0.0465. The van der Waals surface area contributed by atoms with Crippen LogP contribution in [0.2, 0.25) is 0 Å². The minimum atomic E-state index is -0.0522. The predicted molar refractivity (Wildman–Crippen MR) is 132 cm³/mol. The molecule has 1 atom stereocenters. The highest BCUT2D eigenvalue weighted by Gasteiger charge is 2.23. The molecule has 5 rings (SSSR count). The average molecular weight is 455 g/mol. The molecule has 4 aromatic rings. The van der Waals surface area contributed by atoms with E-state index in [1.165, 1.54) is 0 Å². The van der Waals surface area contributed by atoms with Crippen LogP contribution in [-0.2, 0) is 11.3 Å². The Morgan fingerprint density at radius 3 is 2.24 bits per heavy atom. The standard InChI is InChI=1S/C27H26N4O3/c1-17-14-25(32)29-30-26(17)20-8-13-23-24(15-20)31(16-18-4-9-21(33-2)10-5-18)27(28-23)19-6-11-22(34-3)12-7-19/h4-13,15,17H,14,16H2,1-3H3,(H,29,32). The largest absolute Gasteiger partial charge is 0.497 e. The van der Waals surface area contributed by atoms with Crippen LogP contribution in [0.3, 0.4) is 0 Å². The van der Waals surface area contributed by atoms with Crippen molar-refractivity contribution in [3.63, 3.8) is 0 Å². The second-order valence-electron chi connectivity index (χ2n) is 8.44. The summed E-state index contributed by atoms with van der Waals surface area (Å²) in [5.41, 5.74) is 8.52. The number of hydrazone groups is 1. The van der Waals surface area contributed by atoms with Crippen LogP contribution in [0.4, 0.5) is 0 Å². The monoisotopic (exact) mass is 454 g/mol. The SMILES string of the molecule is COc1ccc(Cn2c(-c3ccc(OC)cc3)nc3ccc(C4=NNC(=O)CC4C)cc32)cc1. The van der Waals surface area contributed by atoms with Gasteiger partial charge in [0, 0.05) is 30.0 Å². The van der Waals surface area contributed by atoms with E-state index in [1.807, 2.05) is 55.5 Å². The number of rotatable bonds is 6. The maximum absolute atomic E-state index is 11.7. The van der Waals surface area contributed by atoms with Gasteiger partial charge in [-0.15, -0.1) is 0 Å². The van der Waals surface area contributed by atoms with Crippen LogP contribution in [0.25, 0.3) is 22.4 Å². The molecule has 7 heteroatoms. The Labute approximate surface area is 198 Å². The highest BCUT2D eigenvalue weighted by atomic mass is 16.5. The zero-order valence-electron chi connectivity index (χ0n) is 19.4. The Kier molecular flexibility index (Phi) is 5.76. The molecule has 1 unspecified atom stereocenters. The van der Waals surface area contributed by atoms with E-state index in [9.17, 15) is 4.79 Å². The summed E-state index contributed by atoms with van der Waals surface area (Å²) in [7, 11) is 3.33. The summed E-state index contributed by atoms with van der Waals surface area (Å²) in [5.74, 6) is 2.49. The predicted octanol–water partition coefficient (Wildman–Crippen LogP) is 4.63. The summed E-state index contributed by atoms with van der Waals surface area (Å²) >= 11 is 0. The van der Waals surface area contributed by atoms with Gasteiger partial charge in [0.15, 0.2) is 0 Å². The van der Waals surface area contributed by atoms with Crippen molar-refractivity contribution >= 4 is 22.7 Å². The van der Waals surface area contributed by atoms with E-state index in [1.54, 1.807) is 14.2 Å². The molecule has 172 valence electrons. The number of hydrogen-bond acceptors (Lipinski definition) is 5. The van der Waals surface area contributed by atoms with Gasteiger partial charge in [-0.1, -0.05) is 25.1 Å². The Balaban J connectivity index is 1.63. The smallest absolute Gasteiger partial charge is 0.240 e. The lowest BCUT2D eigenvalue weighted by Crippen LogP contribution is -2.31. The Morgan fingerprint density at radius 2 is 1.59 bits per heavy atom. The number of methoxy groups -OCH3 is 2. The van der Waals surface area contributed by atoms with Gasteiger partial charge in [-0.3, -0.25) is 4.79 Å². The molecule has 3 aromatic carbocycles. The first-order valence-electron chi connectivity index (χ1n) is 11.2. The topological polar surface area (TPSA) is 77.7 Å². The van der Waals surface area contributed by atoms with Crippen molar-refractivity contribution in [2.24, 2.45) is 11.0 Å². The summed E-state index contributed by atoms with van der Waals surface area (Å²) in [6.07, 6.45) is 0.430. The van der Waals surface area contributed by atoms with Crippen LogP contribution in [0.15, 0.2) is 71.8 Å². The van der Waals surface area contributed by atoms with Crippen LogP contribution < -0.4 is 14.9 Å². The molecule has 0 spiro atoms. The fraction of sp³-hybridized carbons (Fsp3) is 0.222. The van der Waals surface area contributed by atoms with Gasteiger partial charge in [-0.2, -0.15) is 5.10 Å². The number of ether oxygens (including phenoxy) is 2. The zero-order chi connectivity index (χ0) is 23.7. The van der Waals surface area contributed by atoms with Gasteiger partial charge < -0.3 is 14.0 Å². The number of imidazole rings is 1. The molecule has 0 fully saturated rings.